The summed E-state index contributed by atoms with van der Waals surface area (Å²) in [5.41, 5.74) is 1.02. The van der Waals surface area contributed by atoms with Crippen LogP contribution in [0.4, 0.5) is 0 Å². The number of halogens is 2. The van der Waals surface area contributed by atoms with Gasteiger partial charge < -0.3 is 15.0 Å². The number of nitrogens with zero attached hydrogens (tertiary/aromatic N) is 1. The van der Waals surface area contributed by atoms with Crippen molar-refractivity contribution < 1.29 is 9.53 Å². The Bertz CT molecular complexity index is 493. The lowest BCUT2D eigenvalue weighted by Crippen LogP contribution is -2.29. The lowest BCUT2D eigenvalue weighted by Gasteiger charge is -2.20. The van der Waals surface area contributed by atoms with E-state index in [0.29, 0.717) is 19.0 Å². The first-order valence-electron chi connectivity index (χ1n) is 7.40. The molecule has 1 aliphatic heterocycles. The van der Waals surface area contributed by atoms with Crippen LogP contribution in [0.3, 0.4) is 0 Å². The van der Waals surface area contributed by atoms with Gasteiger partial charge in [-0.2, -0.15) is 0 Å². The van der Waals surface area contributed by atoms with Crippen LogP contribution in [0, 0.1) is 0 Å². The minimum atomic E-state index is 0. The van der Waals surface area contributed by atoms with E-state index in [2.05, 4.69) is 21.2 Å². The van der Waals surface area contributed by atoms with Gasteiger partial charge in [-0.1, -0.05) is 15.9 Å². The second-order valence-electron chi connectivity index (χ2n) is 5.54. The molecule has 4 nitrogen and oxygen atoms in total. The van der Waals surface area contributed by atoms with Crippen molar-refractivity contribution in [1.29, 1.82) is 0 Å². The molecule has 1 fully saturated rings. The van der Waals surface area contributed by atoms with E-state index >= 15 is 0 Å². The molecule has 1 aromatic rings. The molecule has 0 aromatic heterocycles. The lowest BCUT2D eigenvalue weighted by molar-refractivity contribution is -0.130. The van der Waals surface area contributed by atoms with Gasteiger partial charge in [0.1, 0.15) is 5.75 Å². The minimum absolute atomic E-state index is 0. The Labute approximate surface area is 147 Å². The standard InChI is InChI=1S/C16H23BrN2O2.ClH/c1-19(16(20)8-6-14-4-3-9-18-14)11-12-10-13(17)5-7-15(12)21-2;/h5,7,10,14,18H,3-4,6,8-9,11H2,1-2H3;1H. The van der Waals surface area contributed by atoms with Gasteiger partial charge in [0.2, 0.25) is 5.91 Å². The monoisotopic (exact) mass is 390 g/mol. The van der Waals surface area contributed by atoms with Crippen LogP contribution in [0.2, 0.25) is 0 Å². The zero-order valence-corrected chi connectivity index (χ0v) is 15.5. The highest BCUT2D eigenvalue weighted by Gasteiger charge is 2.17. The first-order chi connectivity index (χ1) is 10.1. The number of amides is 1. The second-order valence-corrected chi connectivity index (χ2v) is 6.45. The Balaban J connectivity index is 0.00000242. The highest BCUT2D eigenvalue weighted by atomic mass is 79.9. The molecule has 1 unspecified atom stereocenters. The molecule has 0 aliphatic carbocycles. The number of methoxy groups -OCH3 is 1. The van der Waals surface area contributed by atoms with Gasteiger partial charge in [-0.05, 0) is 44.0 Å². The summed E-state index contributed by atoms with van der Waals surface area (Å²) < 4.78 is 6.35. The Kier molecular flexibility index (Phi) is 8.21. The normalized spacial score (nSPS) is 17.0. The zero-order chi connectivity index (χ0) is 15.2. The van der Waals surface area contributed by atoms with E-state index in [1.165, 1.54) is 12.8 Å². The van der Waals surface area contributed by atoms with Crippen LogP contribution in [0.15, 0.2) is 22.7 Å². The highest BCUT2D eigenvalue weighted by Crippen LogP contribution is 2.24. The molecule has 0 bridgehead atoms. The number of hydrogen-bond donors (Lipinski definition) is 1. The number of benzene rings is 1. The largest absolute Gasteiger partial charge is 0.496 e. The maximum atomic E-state index is 12.2. The van der Waals surface area contributed by atoms with E-state index in [9.17, 15) is 4.79 Å². The van der Waals surface area contributed by atoms with E-state index in [1.807, 2.05) is 25.2 Å². The Hall–Kier alpha value is -0.780. The smallest absolute Gasteiger partial charge is 0.222 e. The zero-order valence-electron chi connectivity index (χ0n) is 13.1. The molecule has 1 amide bonds. The van der Waals surface area contributed by atoms with E-state index in [4.69, 9.17) is 4.74 Å². The second kappa shape index (κ2) is 9.38. The van der Waals surface area contributed by atoms with Gasteiger partial charge in [-0.15, -0.1) is 12.4 Å². The van der Waals surface area contributed by atoms with Crippen molar-refractivity contribution in [1.82, 2.24) is 10.2 Å². The van der Waals surface area contributed by atoms with Gasteiger partial charge in [-0.3, -0.25) is 4.79 Å². The van der Waals surface area contributed by atoms with Crippen molar-refractivity contribution in [2.75, 3.05) is 20.7 Å². The third-order valence-corrected chi connectivity index (χ3v) is 4.44. The van der Waals surface area contributed by atoms with Crippen molar-refractivity contribution in [2.45, 2.75) is 38.3 Å². The summed E-state index contributed by atoms with van der Waals surface area (Å²) in [6.07, 6.45) is 3.95. The van der Waals surface area contributed by atoms with Gasteiger partial charge in [0, 0.05) is 36.1 Å². The number of nitrogens with one attached hydrogen (secondary N) is 1. The molecule has 1 atom stereocenters. The first kappa shape index (κ1) is 19.3. The van der Waals surface area contributed by atoms with Gasteiger partial charge in [0.05, 0.1) is 7.11 Å². The Morgan fingerprint density at radius 3 is 2.91 bits per heavy atom. The molecule has 124 valence electrons. The summed E-state index contributed by atoms with van der Waals surface area (Å²) in [7, 11) is 3.51. The number of hydrogen-bond acceptors (Lipinski definition) is 3. The molecule has 2 rings (SSSR count). The van der Waals surface area contributed by atoms with Crippen molar-refractivity contribution in [2.24, 2.45) is 0 Å². The molecule has 0 radical (unpaired) electrons. The fourth-order valence-electron chi connectivity index (χ4n) is 2.71. The maximum absolute atomic E-state index is 12.2. The van der Waals surface area contributed by atoms with Crippen LogP contribution in [-0.2, 0) is 11.3 Å². The number of ether oxygens (including phenoxy) is 1. The quantitative estimate of drug-likeness (QED) is 0.808. The van der Waals surface area contributed by atoms with E-state index < -0.39 is 0 Å². The summed E-state index contributed by atoms with van der Waals surface area (Å²) in [6, 6.07) is 6.37. The predicted octanol–water partition coefficient (Wildman–Crippen LogP) is 3.37. The fourth-order valence-corrected chi connectivity index (χ4v) is 3.11. The Morgan fingerprint density at radius 2 is 2.27 bits per heavy atom. The average Bonchev–Trinajstić information content (AvgIpc) is 2.98. The van der Waals surface area contributed by atoms with Crippen molar-refractivity contribution in [3.63, 3.8) is 0 Å². The van der Waals surface area contributed by atoms with Crippen LogP contribution >= 0.6 is 28.3 Å². The molecular formula is C16H24BrClN2O2. The number of rotatable bonds is 6. The van der Waals surface area contributed by atoms with Crippen LogP contribution in [0.1, 0.15) is 31.2 Å². The SMILES string of the molecule is COc1ccc(Br)cc1CN(C)C(=O)CCC1CCCN1.Cl. The van der Waals surface area contributed by atoms with Gasteiger partial charge in [0.25, 0.3) is 0 Å². The molecule has 1 aromatic carbocycles. The predicted molar refractivity (Wildman–Crippen MR) is 94.7 cm³/mol. The first-order valence-corrected chi connectivity index (χ1v) is 8.19. The van der Waals surface area contributed by atoms with E-state index in [0.717, 1.165) is 28.8 Å². The summed E-state index contributed by atoms with van der Waals surface area (Å²) in [6.45, 7) is 1.66. The molecule has 22 heavy (non-hydrogen) atoms. The minimum Gasteiger partial charge on any atom is -0.496 e. The van der Waals surface area contributed by atoms with Crippen molar-refractivity contribution in [3.8, 4) is 5.75 Å². The average molecular weight is 392 g/mol. The lowest BCUT2D eigenvalue weighted by atomic mass is 10.1. The molecule has 6 heteroatoms. The van der Waals surface area contributed by atoms with Crippen LogP contribution in [0.5, 0.6) is 5.75 Å². The Morgan fingerprint density at radius 1 is 1.50 bits per heavy atom. The summed E-state index contributed by atoms with van der Waals surface area (Å²) in [4.78, 5) is 14.0. The van der Waals surface area contributed by atoms with Crippen LogP contribution in [0.25, 0.3) is 0 Å². The van der Waals surface area contributed by atoms with Crippen LogP contribution < -0.4 is 10.1 Å². The van der Waals surface area contributed by atoms with Crippen molar-refractivity contribution >= 4 is 34.2 Å². The van der Waals surface area contributed by atoms with Gasteiger partial charge in [-0.25, -0.2) is 0 Å². The molecule has 1 aliphatic rings. The fraction of sp³-hybridized carbons (Fsp3) is 0.562. The molecule has 1 heterocycles. The summed E-state index contributed by atoms with van der Waals surface area (Å²) >= 11 is 3.46. The summed E-state index contributed by atoms with van der Waals surface area (Å²) in [5.74, 6) is 1.00. The van der Waals surface area contributed by atoms with Crippen LogP contribution in [-0.4, -0.2) is 37.6 Å². The molecular weight excluding hydrogens is 368 g/mol. The number of carbonyl (C=O) groups excluding carboxylic acids is 1. The molecule has 0 saturated carbocycles. The summed E-state index contributed by atoms with van der Waals surface area (Å²) in [5, 5.41) is 3.43. The maximum Gasteiger partial charge on any atom is 0.222 e. The van der Waals surface area contributed by atoms with E-state index in [1.54, 1.807) is 12.0 Å². The topological polar surface area (TPSA) is 41.6 Å². The van der Waals surface area contributed by atoms with Gasteiger partial charge in [0.15, 0.2) is 0 Å². The highest BCUT2D eigenvalue weighted by molar-refractivity contribution is 9.10. The van der Waals surface area contributed by atoms with Gasteiger partial charge >= 0.3 is 0 Å². The molecule has 0 spiro atoms. The third kappa shape index (κ3) is 5.45. The van der Waals surface area contributed by atoms with E-state index in [-0.39, 0.29) is 18.3 Å². The third-order valence-electron chi connectivity index (χ3n) is 3.94. The number of carbonyl (C=O) groups is 1. The molecule has 1 saturated heterocycles. The van der Waals surface area contributed by atoms with Crippen molar-refractivity contribution in [3.05, 3.63) is 28.2 Å². The molecule has 1 N–H and O–H groups in total.